The molecule has 1 unspecified atom stereocenters. The number of nitrogens with zero attached hydrogens (tertiary/aromatic N) is 2. The zero-order valence-electron chi connectivity index (χ0n) is 14.0. The van der Waals surface area contributed by atoms with Crippen molar-refractivity contribution in [3.05, 3.63) is 34.7 Å². The van der Waals surface area contributed by atoms with Crippen LogP contribution in [0.25, 0.3) is 10.1 Å². The maximum atomic E-state index is 12.8. The van der Waals surface area contributed by atoms with Crippen molar-refractivity contribution in [3.63, 3.8) is 0 Å². The van der Waals surface area contributed by atoms with Crippen LogP contribution in [-0.2, 0) is 0 Å². The Hall–Kier alpha value is -1.90. The van der Waals surface area contributed by atoms with Crippen molar-refractivity contribution >= 4 is 27.3 Å². The fourth-order valence-electron chi connectivity index (χ4n) is 4.35. The molecular weight excluding hydrogens is 318 g/mol. The Labute approximate surface area is 146 Å². The van der Waals surface area contributed by atoms with E-state index in [1.54, 1.807) is 6.07 Å². The maximum absolute atomic E-state index is 12.8. The Balaban J connectivity index is 1.62. The molecule has 0 spiro atoms. The van der Waals surface area contributed by atoms with Crippen LogP contribution in [0.1, 0.15) is 41.9 Å². The fraction of sp³-hybridized carbons (Fsp3) is 0.474. The van der Waals surface area contributed by atoms with Gasteiger partial charge in [-0.15, -0.1) is 11.3 Å². The number of fused-ring (bicyclic) bond motifs is 4. The van der Waals surface area contributed by atoms with Crippen LogP contribution in [-0.4, -0.2) is 35.5 Å². The number of rotatable bonds is 2. The molecule has 5 rings (SSSR count). The average molecular weight is 339 g/mol. The molecular formula is C19H21N3OS. The molecule has 0 radical (unpaired) electrons. The highest BCUT2D eigenvalue weighted by Gasteiger charge is 2.48. The van der Waals surface area contributed by atoms with Crippen LogP contribution in [0.15, 0.2) is 24.3 Å². The standard InChI is InChI=1S/C19H21N3OS/c1-19(2)17(12-6-8-22(19)9-7-12)21-18(23)15-10-13-4-3-5-14(11-20)16(13)24-15/h3-5,10,12,17H,6-9H2,1-2H3,(H,21,23). The molecule has 1 N–H and O–H groups in total. The van der Waals surface area contributed by atoms with Crippen molar-refractivity contribution in [2.45, 2.75) is 38.3 Å². The molecule has 1 aromatic heterocycles. The molecule has 3 saturated heterocycles. The zero-order valence-corrected chi connectivity index (χ0v) is 14.8. The van der Waals surface area contributed by atoms with E-state index in [0.717, 1.165) is 23.2 Å². The van der Waals surface area contributed by atoms with Crippen LogP contribution in [0.3, 0.4) is 0 Å². The van der Waals surface area contributed by atoms with E-state index in [2.05, 4.69) is 30.1 Å². The lowest BCUT2D eigenvalue weighted by Gasteiger charge is -2.56. The predicted octanol–water partition coefficient (Wildman–Crippen LogP) is 3.38. The lowest BCUT2D eigenvalue weighted by molar-refractivity contribution is -0.0377. The molecule has 24 heavy (non-hydrogen) atoms. The van der Waals surface area contributed by atoms with E-state index in [-0.39, 0.29) is 17.5 Å². The first-order valence-corrected chi connectivity index (χ1v) is 9.31. The highest BCUT2D eigenvalue weighted by molar-refractivity contribution is 7.21. The largest absolute Gasteiger partial charge is 0.346 e. The molecule has 3 fully saturated rings. The lowest BCUT2D eigenvalue weighted by Crippen LogP contribution is -2.69. The molecule has 4 nitrogen and oxygen atoms in total. The van der Waals surface area contributed by atoms with Crippen molar-refractivity contribution in [3.8, 4) is 6.07 Å². The summed E-state index contributed by atoms with van der Waals surface area (Å²) in [6.07, 6.45) is 2.33. The number of carbonyl (C=O) groups is 1. The van der Waals surface area contributed by atoms with E-state index in [9.17, 15) is 10.1 Å². The summed E-state index contributed by atoms with van der Waals surface area (Å²) >= 11 is 1.42. The van der Waals surface area contributed by atoms with E-state index in [4.69, 9.17) is 0 Å². The molecule has 0 aliphatic carbocycles. The van der Waals surface area contributed by atoms with Gasteiger partial charge in [-0.25, -0.2) is 0 Å². The summed E-state index contributed by atoms with van der Waals surface area (Å²) in [5.41, 5.74) is 0.644. The van der Waals surface area contributed by atoms with Gasteiger partial charge in [0, 0.05) is 11.6 Å². The van der Waals surface area contributed by atoms with Gasteiger partial charge in [-0.05, 0) is 63.2 Å². The van der Waals surface area contributed by atoms with E-state index in [1.807, 2.05) is 18.2 Å². The van der Waals surface area contributed by atoms with Gasteiger partial charge < -0.3 is 5.32 Å². The van der Waals surface area contributed by atoms with Crippen molar-refractivity contribution in [2.75, 3.05) is 13.1 Å². The van der Waals surface area contributed by atoms with Gasteiger partial charge in [0.05, 0.1) is 15.1 Å². The van der Waals surface area contributed by atoms with E-state index in [1.165, 1.54) is 24.2 Å². The van der Waals surface area contributed by atoms with Crippen LogP contribution in [0, 0.1) is 17.2 Å². The highest BCUT2D eigenvalue weighted by atomic mass is 32.1. The number of hydrogen-bond donors (Lipinski definition) is 1. The van der Waals surface area contributed by atoms with Crippen molar-refractivity contribution in [2.24, 2.45) is 5.92 Å². The van der Waals surface area contributed by atoms with Gasteiger partial charge in [0.1, 0.15) is 6.07 Å². The first-order chi connectivity index (χ1) is 11.5. The Morgan fingerprint density at radius 1 is 1.38 bits per heavy atom. The van der Waals surface area contributed by atoms with Gasteiger partial charge in [-0.3, -0.25) is 9.69 Å². The van der Waals surface area contributed by atoms with Crippen LogP contribution >= 0.6 is 11.3 Å². The van der Waals surface area contributed by atoms with Crippen LogP contribution in [0.5, 0.6) is 0 Å². The average Bonchev–Trinajstić information content (AvgIpc) is 3.02. The minimum atomic E-state index is -0.00749. The van der Waals surface area contributed by atoms with Gasteiger partial charge in [0.25, 0.3) is 5.91 Å². The minimum Gasteiger partial charge on any atom is -0.346 e. The summed E-state index contributed by atoms with van der Waals surface area (Å²) in [5, 5.41) is 13.5. The third-order valence-electron chi connectivity index (χ3n) is 5.76. The lowest BCUT2D eigenvalue weighted by atomic mass is 9.72. The quantitative estimate of drug-likeness (QED) is 0.912. The van der Waals surface area contributed by atoms with Gasteiger partial charge in [-0.1, -0.05) is 12.1 Å². The summed E-state index contributed by atoms with van der Waals surface area (Å²) in [7, 11) is 0. The molecule has 2 aromatic rings. The highest BCUT2D eigenvalue weighted by Crippen LogP contribution is 2.39. The number of benzene rings is 1. The second-order valence-electron chi connectivity index (χ2n) is 7.38. The monoisotopic (exact) mass is 339 g/mol. The minimum absolute atomic E-state index is 0.00528. The fourth-order valence-corrected chi connectivity index (χ4v) is 5.38. The summed E-state index contributed by atoms with van der Waals surface area (Å²) in [4.78, 5) is 16.0. The van der Waals surface area contributed by atoms with Crippen LogP contribution in [0.4, 0.5) is 0 Å². The third kappa shape index (κ3) is 2.33. The predicted molar refractivity (Wildman–Crippen MR) is 96.2 cm³/mol. The molecule has 1 atom stereocenters. The second-order valence-corrected chi connectivity index (χ2v) is 8.43. The number of nitriles is 1. The maximum Gasteiger partial charge on any atom is 0.261 e. The smallest absolute Gasteiger partial charge is 0.261 e. The first kappa shape index (κ1) is 15.6. The molecule has 4 heterocycles. The number of carbonyl (C=O) groups excluding carboxylic acids is 1. The Kier molecular flexibility index (Phi) is 3.63. The van der Waals surface area contributed by atoms with Gasteiger partial charge in [-0.2, -0.15) is 5.26 Å². The number of piperidine rings is 3. The molecule has 3 aliphatic heterocycles. The van der Waals surface area contributed by atoms with E-state index >= 15 is 0 Å². The van der Waals surface area contributed by atoms with Crippen molar-refractivity contribution in [1.29, 1.82) is 5.26 Å². The molecule has 1 amide bonds. The summed E-state index contributed by atoms with van der Waals surface area (Å²) in [6, 6.07) is 9.94. The number of thiophene rings is 1. The van der Waals surface area contributed by atoms with Gasteiger partial charge in [0.2, 0.25) is 0 Å². The normalized spacial score (nSPS) is 27.8. The van der Waals surface area contributed by atoms with Gasteiger partial charge >= 0.3 is 0 Å². The van der Waals surface area contributed by atoms with Crippen LogP contribution in [0.2, 0.25) is 0 Å². The Morgan fingerprint density at radius 3 is 2.79 bits per heavy atom. The van der Waals surface area contributed by atoms with E-state index < -0.39 is 0 Å². The van der Waals surface area contributed by atoms with Crippen molar-refractivity contribution < 1.29 is 4.79 Å². The third-order valence-corrected chi connectivity index (χ3v) is 6.94. The summed E-state index contributed by atoms with van der Waals surface area (Å²) in [5.74, 6) is 0.560. The first-order valence-electron chi connectivity index (χ1n) is 8.49. The molecule has 0 saturated carbocycles. The Morgan fingerprint density at radius 2 is 2.12 bits per heavy atom. The zero-order chi connectivity index (χ0) is 16.9. The van der Waals surface area contributed by atoms with Gasteiger partial charge in [0.15, 0.2) is 0 Å². The molecule has 5 heteroatoms. The number of hydrogen-bond acceptors (Lipinski definition) is 4. The molecule has 124 valence electrons. The van der Waals surface area contributed by atoms with Crippen LogP contribution < -0.4 is 5.32 Å². The SMILES string of the molecule is CC1(C)C(NC(=O)c2cc3cccc(C#N)c3s2)C2CCN1CC2. The second kappa shape index (κ2) is 5.58. The number of amides is 1. The Bertz CT molecular complexity index is 840. The number of nitrogens with one attached hydrogen (secondary N) is 1. The summed E-state index contributed by atoms with van der Waals surface area (Å²) in [6.45, 7) is 6.75. The molecule has 3 aliphatic rings. The topological polar surface area (TPSA) is 56.1 Å². The molecule has 1 aromatic carbocycles. The van der Waals surface area contributed by atoms with Crippen molar-refractivity contribution in [1.82, 2.24) is 10.2 Å². The summed E-state index contributed by atoms with van der Waals surface area (Å²) < 4.78 is 0.901. The molecule has 2 bridgehead atoms. The van der Waals surface area contributed by atoms with E-state index in [0.29, 0.717) is 16.4 Å².